The standard InChI is InChI=1S/C18H25N3O3S/c1-11-7-8-12(2)14(9-11)10-25-17-21-20-15(23-17)13(3)19-16(22)24-18(4,5)6/h7-9,13H,10H2,1-6H3,(H,19,22)/t13-/m1/s1. The molecule has 0 aliphatic heterocycles. The molecule has 6 nitrogen and oxygen atoms in total. The number of nitrogens with one attached hydrogen (secondary N) is 1. The predicted octanol–water partition coefficient (Wildman–Crippen LogP) is 4.56. The molecular weight excluding hydrogens is 338 g/mol. The van der Waals surface area contributed by atoms with Gasteiger partial charge in [-0.1, -0.05) is 35.5 Å². The summed E-state index contributed by atoms with van der Waals surface area (Å²) in [5.74, 6) is 1.11. The number of thioether (sulfide) groups is 1. The highest BCUT2D eigenvalue weighted by molar-refractivity contribution is 7.98. The lowest BCUT2D eigenvalue weighted by atomic mass is 10.1. The number of benzene rings is 1. The van der Waals surface area contributed by atoms with Crippen LogP contribution in [0.25, 0.3) is 0 Å². The maximum atomic E-state index is 11.8. The highest BCUT2D eigenvalue weighted by atomic mass is 32.2. The van der Waals surface area contributed by atoms with E-state index in [9.17, 15) is 4.79 Å². The molecule has 136 valence electrons. The van der Waals surface area contributed by atoms with Crippen molar-refractivity contribution in [1.82, 2.24) is 15.5 Å². The molecule has 7 heteroatoms. The molecule has 0 fully saturated rings. The Labute approximate surface area is 152 Å². The molecular formula is C18H25N3O3S. The number of hydrogen-bond acceptors (Lipinski definition) is 6. The SMILES string of the molecule is Cc1ccc(C)c(CSc2nnc([C@@H](C)NC(=O)OC(C)(C)C)o2)c1. The fraction of sp³-hybridized carbons (Fsp3) is 0.500. The third kappa shape index (κ3) is 6.08. The number of aryl methyl sites for hydroxylation is 2. The normalized spacial score (nSPS) is 12.7. The summed E-state index contributed by atoms with van der Waals surface area (Å²) in [6, 6.07) is 5.94. The molecule has 1 aromatic carbocycles. The van der Waals surface area contributed by atoms with Crippen molar-refractivity contribution in [3.05, 3.63) is 40.8 Å². The second-order valence-electron chi connectivity index (χ2n) is 6.99. The van der Waals surface area contributed by atoms with E-state index < -0.39 is 17.7 Å². The van der Waals surface area contributed by atoms with E-state index in [1.807, 2.05) is 20.8 Å². The molecule has 0 bridgehead atoms. The smallest absolute Gasteiger partial charge is 0.408 e. The largest absolute Gasteiger partial charge is 0.444 e. The molecule has 2 aromatic rings. The number of carbonyl (C=O) groups is 1. The zero-order valence-corrected chi connectivity index (χ0v) is 16.4. The number of hydrogen-bond donors (Lipinski definition) is 1. The van der Waals surface area contributed by atoms with E-state index in [1.165, 1.54) is 28.5 Å². The van der Waals surface area contributed by atoms with E-state index in [0.717, 1.165) is 5.75 Å². The minimum absolute atomic E-state index is 0.356. The lowest BCUT2D eigenvalue weighted by molar-refractivity contribution is 0.0500. The molecule has 1 heterocycles. The Hall–Kier alpha value is -2.02. The maximum absolute atomic E-state index is 11.8. The average molecular weight is 363 g/mol. The van der Waals surface area contributed by atoms with Crippen LogP contribution in [0.5, 0.6) is 0 Å². The Morgan fingerprint density at radius 2 is 2.04 bits per heavy atom. The molecule has 0 aliphatic carbocycles. The van der Waals surface area contributed by atoms with E-state index in [0.29, 0.717) is 11.1 Å². The quantitative estimate of drug-likeness (QED) is 0.785. The first-order valence-corrected chi connectivity index (χ1v) is 9.14. The number of ether oxygens (including phenoxy) is 1. The molecule has 0 radical (unpaired) electrons. The molecule has 1 N–H and O–H groups in total. The van der Waals surface area contributed by atoms with Gasteiger partial charge < -0.3 is 14.5 Å². The Morgan fingerprint density at radius 1 is 1.32 bits per heavy atom. The molecule has 0 aliphatic rings. The molecule has 0 unspecified atom stereocenters. The van der Waals surface area contributed by atoms with Crippen LogP contribution >= 0.6 is 11.8 Å². The molecule has 1 aromatic heterocycles. The summed E-state index contributed by atoms with van der Waals surface area (Å²) in [6.07, 6.45) is -0.511. The van der Waals surface area contributed by atoms with E-state index in [2.05, 4.69) is 47.6 Å². The van der Waals surface area contributed by atoms with Crippen molar-refractivity contribution in [3.8, 4) is 0 Å². The summed E-state index contributed by atoms with van der Waals surface area (Å²) in [7, 11) is 0. The molecule has 0 saturated heterocycles. The monoisotopic (exact) mass is 363 g/mol. The minimum Gasteiger partial charge on any atom is -0.444 e. The van der Waals surface area contributed by atoms with E-state index in [4.69, 9.17) is 9.15 Å². The second kappa shape index (κ2) is 7.91. The topological polar surface area (TPSA) is 77.2 Å². The number of alkyl carbamates (subject to hydrolysis) is 1. The Bertz CT molecular complexity index is 737. The number of carbonyl (C=O) groups excluding carboxylic acids is 1. The van der Waals surface area contributed by atoms with Crippen LogP contribution in [-0.4, -0.2) is 21.9 Å². The summed E-state index contributed by atoms with van der Waals surface area (Å²) in [5.41, 5.74) is 3.15. The zero-order chi connectivity index (χ0) is 18.6. The van der Waals surface area contributed by atoms with Crippen molar-refractivity contribution < 1.29 is 13.9 Å². The van der Waals surface area contributed by atoms with Crippen molar-refractivity contribution >= 4 is 17.9 Å². The number of nitrogens with zero attached hydrogens (tertiary/aromatic N) is 2. The summed E-state index contributed by atoms with van der Waals surface area (Å²) in [4.78, 5) is 11.8. The highest BCUT2D eigenvalue weighted by Gasteiger charge is 2.21. The molecule has 1 atom stereocenters. The lowest BCUT2D eigenvalue weighted by Crippen LogP contribution is -2.34. The first-order chi connectivity index (χ1) is 11.6. The molecule has 0 spiro atoms. The second-order valence-corrected chi connectivity index (χ2v) is 7.92. The summed E-state index contributed by atoms with van der Waals surface area (Å²) >= 11 is 1.48. The molecule has 0 saturated carbocycles. The van der Waals surface area contributed by atoms with Gasteiger partial charge in [-0.2, -0.15) is 0 Å². The van der Waals surface area contributed by atoms with Crippen LogP contribution in [0.2, 0.25) is 0 Å². The third-order valence-corrected chi connectivity index (χ3v) is 4.25. The highest BCUT2D eigenvalue weighted by Crippen LogP contribution is 2.25. The van der Waals surface area contributed by atoms with Gasteiger partial charge >= 0.3 is 6.09 Å². The van der Waals surface area contributed by atoms with Crippen LogP contribution in [-0.2, 0) is 10.5 Å². The van der Waals surface area contributed by atoms with Crippen molar-refractivity contribution in [1.29, 1.82) is 0 Å². The van der Waals surface area contributed by atoms with E-state index >= 15 is 0 Å². The van der Waals surface area contributed by atoms with Crippen LogP contribution in [0.4, 0.5) is 4.79 Å². The van der Waals surface area contributed by atoms with Crippen molar-refractivity contribution in [2.24, 2.45) is 0 Å². The molecule has 1 amide bonds. The van der Waals surface area contributed by atoms with Gasteiger partial charge in [0.05, 0.1) is 0 Å². The Kier molecular flexibility index (Phi) is 6.11. The van der Waals surface area contributed by atoms with Crippen LogP contribution in [0, 0.1) is 13.8 Å². The van der Waals surface area contributed by atoms with Gasteiger partial charge in [0.15, 0.2) is 0 Å². The first-order valence-electron chi connectivity index (χ1n) is 8.16. The minimum atomic E-state index is -0.550. The lowest BCUT2D eigenvalue weighted by Gasteiger charge is -2.20. The van der Waals surface area contributed by atoms with Gasteiger partial charge in [0.2, 0.25) is 5.89 Å². The maximum Gasteiger partial charge on any atom is 0.408 e. The van der Waals surface area contributed by atoms with Gasteiger partial charge in [0, 0.05) is 5.75 Å². The fourth-order valence-electron chi connectivity index (χ4n) is 2.10. The average Bonchev–Trinajstić information content (AvgIpc) is 2.95. The van der Waals surface area contributed by atoms with Crippen LogP contribution in [0.3, 0.4) is 0 Å². The molecule has 25 heavy (non-hydrogen) atoms. The summed E-state index contributed by atoms with van der Waals surface area (Å²) in [5, 5.41) is 11.2. The van der Waals surface area contributed by atoms with Gasteiger partial charge in [-0.25, -0.2) is 4.79 Å². The molecule has 2 rings (SSSR count). The number of rotatable bonds is 5. The fourth-order valence-corrected chi connectivity index (χ4v) is 2.93. The van der Waals surface area contributed by atoms with Crippen molar-refractivity contribution in [3.63, 3.8) is 0 Å². The van der Waals surface area contributed by atoms with E-state index in [-0.39, 0.29) is 0 Å². The Morgan fingerprint density at radius 3 is 2.72 bits per heavy atom. The van der Waals surface area contributed by atoms with Gasteiger partial charge in [-0.15, -0.1) is 10.2 Å². The van der Waals surface area contributed by atoms with Crippen LogP contribution in [0.15, 0.2) is 27.8 Å². The van der Waals surface area contributed by atoms with Gasteiger partial charge in [0.25, 0.3) is 5.22 Å². The predicted molar refractivity (Wildman–Crippen MR) is 97.6 cm³/mol. The van der Waals surface area contributed by atoms with E-state index in [1.54, 1.807) is 6.92 Å². The van der Waals surface area contributed by atoms with Crippen molar-refractivity contribution in [2.75, 3.05) is 0 Å². The van der Waals surface area contributed by atoms with Crippen molar-refractivity contribution in [2.45, 2.75) is 64.2 Å². The summed E-state index contributed by atoms with van der Waals surface area (Å²) < 4.78 is 10.9. The number of amides is 1. The van der Waals surface area contributed by atoms with Gasteiger partial charge in [-0.3, -0.25) is 0 Å². The number of aromatic nitrogens is 2. The van der Waals surface area contributed by atoms with Gasteiger partial charge in [0.1, 0.15) is 11.6 Å². The van der Waals surface area contributed by atoms with Crippen LogP contribution in [0.1, 0.15) is 56.3 Å². The van der Waals surface area contributed by atoms with Crippen LogP contribution < -0.4 is 5.32 Å². The zero-order valence-electron chi connectivity index (χ0n) is 15.5. The van der Waals surface area contributed by atoms with Gasteiger partial charge in [-0.05, 0) is 52.7 Å². The summed E-state index contributed by atoms with van der Waals surface area (Å²) in [6.45, 7) is 11.4. The first kappa shape index (κ1) is 19.3. The Balaban J connectivity index is 1.93. The third-order valence-electron chi connectivity index (χ3n) is 3.38.